The van der Waals surface area contributed by atoms with Crippen LogP contribution < -0.4 is 37.0 Å². The second kappa shape index (κ2) is 26.2. The Morgan fingerprint density at radius 3 is 1.49 bits per heavy atom. The number of carbonyl (C=O) groups excluding carboxylic acids is 8. The van der Waals surface area contributed by atoms with Gasteiger partial charge < -0.3 is 37.0 Å². The average molecular weight is 656 g/mol. The predicted octanol–water partition coefficient (Wildman–Crippen LogP) is -3.15. The van der Waals surface area contributed by atoms with Gasteiger partial charge in [-0.05, 0) is 32.1 Å². The fraction of sp³-hybridized carbons (Fsp3) is 0.714. The fourth-order valence-corrected chi connectivity index (χ4v) is 4.07. The number of Topliss-reactive ketones (excluding diaryl/α,β-unsaturated/α-hetero) is 1. The fourth-order valence-electron chi connectivity index (χ4n) is 4.07. The first-order valence-electron chi connectivity index (χ1n) is 15.7. The molecule has 0 saturated carbocycles. The average Bonchev–Trinajstić information content (AvgIpc) is 3.03. The van der Waals surface area contributed by atoms with Crippen molar-refractivity contribution in [3.05, 3.63) is 0 Å². The molecule has 1 atom stereocenters. The van der Waals surface area contributed by atoms with Gasteiger partial charge in [-0.2, -0.15) is 0 Å². The van der Waals surface area contributed by atoms with Crippen molar-refractivity contribution in [1.29, 1.82) is 0 Å². The lowest BCUT2D eigenvalue weighted by molar-refractivity contribution is -0.130. The minimum absolute atomic E-state index is 0.00576. The summed E-state index contributed by atoms with van der Waals surface area (Å²) < 4.78 is 0. The number of ketones is 1. The lowest BCUT2D eigenvalue weighted by Crippen LogP contribution is -2.48. The van der Waals surface area contributed by atoms with Crippen LogP contribution in [0.3, 0.4) is 0 Å². The zero-order chi connectivity index (χ0) is 35.6. The van der Waals surface area contributed by atoms with Crippen molar-refractivity contribution in [2.75, 3.05) is 39.3 Å². The molecule has 6 radical (unpaired) electrons. The monoisotopic (exact) mass is 656 g/mol. The lowest BCUT2D eigenvalue weighted by atomic mass is 10.0. The van der Waals surface area contributed by atoms with Crippen molar-refractivity contribution in [2.45, 2.75) is 84.1 Å². The third kappa shape index (κ3) is 23.1. The number of carbonyl (C=O) groups is 8. The van der Waals surface area contributed by atoms with Crippen LogP contribution in [0.4, 0.5) is 0 Å². The smallest absolute Gasteiger partial charge is 0.234 e. The molecule has 0 unspecified atom stereocenters. The maximum atomic E-state index is 12.6. The van der Waals surface area contributed by atoms with Crippen molar-refractivity contribution in [2.24, 2.45) is 5.92 Å². The number of amides is 7. The normalized spacial score (nSPS) is 11.2. The lowest BCUT2D eigenvalue weighted by Gasteiger charge is -2.21. The van der Waals surface area contributed by atoms with E-state index in [2.05, 4.69) is 21.3 Å². The summed E-state index contributed by atoms with van der Waals surface area (Å²) in [4.78, 5) is 97.6. The van der Waals surface area contributed by atoms with Crippen LogP contribution in [-0.4, -0.2) is 121 Å². The van der Waals surface area contributed by atoms with Crippen LogP contribution in [0.1, 0.15) is 78.1 Å². The molecule has 0 heterocycles. The predicted molar refractivity (Wildman–Crippen MR) is 175 cm³/mol. The first-order valence-corrected chi connectivity index (χ1v) is 15.7. The van der Waals surface area contributed by atoms with Gasteiger partial charge in [0.25, 0.3) is 0 Å². The van der Waals surface area contributed by atoms with Gasteiger partial charge in [-0.15, -0.1) is 0 Å². The van der Waals surface area contributed by atoms with E-state index in [0.717, 1.165) is 12.8 Å². The molecule has 16 nitrogen and oxygen atoms in total. The van der Waals surface area contributed by atoms with Crippen LogP contribution in [0.5, 0.6) is 0 Å². The van der Waals surface area contributed by atoms with Crippen LogP contribution in [0.25, 0.3) is 0 Å². The summed E-state index contributed by atoms with van der Waals surface area (Å²) in [5.41, 5.74) is 0. The number of rotatable bonds is 26. The summed E-state index contributed by atoms with van der Waals surface area (Å²) in [6.45, 7) is 3.69. The summed E-state index contributed by atoms with van der Waals surface area (Å²) in [7, 11) is 15.1. The standard InChI is InChI=1S/C28H47B3N8O8/c1-19(2)21(40)9-4-3-6-12-32-25(44)16-39(17-26(45)33-13-7-5-10-23(42)36-29)18-27(46)34-14-8-11-22(41)35-20(28(47)38-31)15-24(43)37-30/h19-20H,3-18H2,1-2H3,(H,32,44)(H,33,45)(H,34,46)(H,35,41)(H,36,42)(H,37,43)(H,38,47)/t20-/m0/s1. The number of hydrogen-bond acceptors (Lipinski definition) is 9. The zero-order valence-corrected chi connectivity index (χ0v) is 27.4. The minimum atomic E-state index is -1.24. The highest BCUT2D eigenvalue weighted by Gasteiger charge is 2.22. The summed E-state index contributed by atoms with van der Waals surface area (Å²) in [6, 6.07) is -1.24. The molecule has 0 aromatic carbocycles. The van der Waals surface area contributed by atoms with E-state index in [1.807, 2.05) is 29.5 Å². The van der Waals surface area contributed by atoms with Crippen LogP contribution in [-0.2, 0) is 38.4 Å². The molecule has 0 rings (SSSR count). The molecule has 0 aromatic heterocycles. The van der Waals surface area contributed by atoms with Gasteiger partial charge >= 0.3 is 0 Å². The number of hydrogen-bond donors (Lipinski definition) is 7. The summed E-state index contributed by atoms with van der Waals surface area (Å²) >= 11 is 0. The Hall–Kier alpha value is -3.89. The van der Waals surface area contributed by atoms with Gasteiger partial charge in [-0.1, -0.05) is 20.3 Å². The first kappa shape index (κ1) is 43.1. The summed E-state index contributed by atoms with van der Waals surface area (Å²) in [6.07, 6.45) is 3.57. The van der Waals surface area contributed by atoms with E-state index in [4.69, 9.17) is 23.9 Å². The van der Waals surface area contributed by atoms with Crippen LogP contribution in [0, 0.1) is 5.92 Å². The second-order valence-electron chi connectivity index (χ2n) is 11.2. The molecule has 0 fully saturated rings. The molecule has 7 N–H and O–H groups in total. The Morgan fingerprint density at radius 1 is 0.532 bits per heavy atom. The van der Waals surface area contributed by atoms with Crippen molar-refractivity contribution < 1.29 is 38.4 Å². The van der Waals surface area contributed by atoms with Crippen molar-refractivity contribution in [3.8, 4) is 0 Å². The largest absolute Gasteiger partial charge is 0.409 e. The first-order chi connectivity index (χ1) is 22.3. The quantitative estimate of drug-likeness (QED) is 0.0368. The van der Waals surface area contributed by atoms with Gasteiger partial charge in [0.2, 0.25) is 65.3 Å². The van der Waals surface area contributed by atoms with Crippen LogP contribution >= 0.6 is 0 Å². The van der Waals surface area contributed by atoms with Gasteiger partial charge in [0.1, 0.15) is 11.8 Å². The highest BCUT2D eigenvalue weighted by molar-refractivity contribution is 6.17. The number of unbranched alkanes of at least 4 members (excludes halogenated alkanes) is 3. The molecule has 7 amide bonds. The molecule has 0 aliphatic rings. The summed E-state index contributed by atoms with van der Waals surface area (Å²) in [5.74, 6) is -3.46. The summed E-state index contributed by atoms with van der Waals surface area (Å²) in [5, 5.41) is 16.2. The molecule has 256 valence electrons. The van der Waals surface area contributed by atoms with Crippen molar-refractivity contribution >= 4 is 71.1 Å². The van der Waals surface area contributed by atoms with Crippen LogP contribution in [0.15, 0.2) is 0 Å². The topological polar surface area (TPSA) is 224 Å². The number of nitrogens with zero attached hydrogens (tertiary/aromatic N) is 1. The number of nitrogens with one attached hydrogen (secondary N) is 7. The highest BCUT2D eigenvalue weighted by atomic mass is 16.2. The Morgan fingerprint density at radius 2 is 1.00 bits per heavy atom. The van der Waals surface area contributed by atoms with E-state index in [0.29, 0.717) is 32.2 Å². The second-order valence-corrected chi connectivity index (χ2v) is 11.2. The Balaban J connectivity index is 4.84. The van der Waals surface area contributed by atoms with Crippen LogP contribution in [0.2, 0.25) is 0 Å². The van der Waals surface area contributed by atoms with Gasteiger partial charge in [0, 0.05) is 44.8 Å². The zero-order valence-electron chi connectivity index (χ0n) is 27.4. The molecule has 0 aliphatic heterocycles. The van der Waals surface area contributed by atoms with Crippen molar-refractivity contribution in [3.63, 3.8) is 0 Å². The molecule has 0 aromatic rings. The van der Waals surface area contributed by atoms with Gasteiger partial charge in [0.05, 0.1) is 26.1 Å². The molecule has 47 heavy (non-hydrogen) atoms. The molecular formula is C28H47B3N8O8. The molecule has 0 bridgehead atoms. The molecule has 0 spiro atoms. The van der Waals surface area contributed by atoms with E-state index >= 15 is 0 Å². The Labute approximate surface area is 280 Å². The molecule has 0 aliphatic carbocycles. The molecular weight excluding hydrogens is 609 g/mol. The Bertz CT molecular complexity index is 1050. The minimum Gasteiger partial charge on any atom is -0.409 e. The third-order valence-corrected chi connectivity index (χ3v) is 6.73. The van der Waals surface area contributed by atoms with E-state index in [1.54, 1.807) is 0 Å². The third-order valence-electron chi connectivity index (χ3n) is 6.73. The van der Waals surface area contributed by atoms with Gasteiger partial charge in [-0.25, -0.2) is 0 Å². The van der Waals surface area contributed by atoms with E-state index < -0.39 is 42.0 Å². The molecule has 19 heteroatoms. The molecule has 0 saturated heterocycles. The maximum absolute atomic E-state index is 12.6. The van der Waals surface area contributed by atoms with E-state index in [1.165, 1.54) is 4.90 Å². The SMILES string of the molecule is [B]NC(=O)CCCCNC(=O)CN(CC(=O)NCCCCCC(=O)C(C)C)CC(=O)NCCCC(=O)N[C@@H](CC(=O)N[B])C(=O)N[B]. The van der Waals surface area contributed by atoms with E-state index in [-0.39, 0.29) is 75.5 Å². The maximum Gasteiger partial charge on any atom is 0.234 e. The highest BCUT2D eigenvalue weighted by Crippen LogP contribution is 2.05. The van der Waals surface area contributed by atoms with E-state index in [9.17, 15) is 38.4 Å². The van der Waals surface area contributed by atoms with Crippen molar-refractivity contribution in [1.82, 2.24) is 41.9 Å². The Kier molecular flexibility index (Phi) is 24.0. The van der Waals surface area contributed by atoms with Gasteiger partial charge in [0.15, 0.2) is 0 Å². The van der Waals surface area contributed by atoms with Gasteiger partial charge in [-0.3, -0.25) is 43.3 Å².